The summed E-state index contributed by atoms with van der Waals surface area (Å²) in [5.74, 6) is 0.215. The first-order chi connectivity index (χ1) is 9.78. The average molecular weight is 291 g/mol. The Kier molecular flexibility index (Phi) is 4.30. The molecule has 114 valence electrons. The summed E-state index contributed by atoms with van der Waals surface area (Å²) in [4.78, 5) is 21.9. The van der Waals surface area contributed by atoms with Gasteiger partial charge in [-0.1, -0.05) is 13.8 Å². The van der Waals surface area contributed by atoms with Crippen molar-refractivity contribution in [2.24, 2.45) is 5.41 Å². The van der Waals surface area contributed by atoms with Gasteiger partial charge in [-0.2, -0.15) is 0 Å². The van der Waals surface area contributed by atoms with E-state index in [4.69, 9.17) is 4.74 Å². The monoisotopic (exact) mass is 291 g/mol. The molecule has 0 amide bonds. The molecule has 1 saturated carbocycles. The third kappa shape index (κ3) is 3.80. The van der Waals surface area contributed by atoms with Crippen LogP contribution in [0.5, 0.6) is 5.75 Å². The Morgan fingerprint density at radius 2 is 1.95 bits per heavy atom. The summed E-state index contributed by atoms with van der Waals surface area (Å²) in [6.45, 7) is 5.83. The molecule has 0 spiro atoms. The molecule has 0 aliphatic heterocycles. The minimum atomic E-state index is -0.538. The lowest BCUT2D eigenvalue weighted by Crippen LogP contribution is -2.28. The van der Waals surface area contributed by atoms with E-state index in [9.17, 15) is 14.9 Å². The van der Waals surface area contributed by atoms with Crippen LogP contribution in [0.2, 0.25) is 0 Å². The number of benzene rings is 1. The number of carbonyl (C=O) groups excluding carboxylic acids is 1. The summed E-state index contributed by atoms with van der Waals surface area (Å²) in [5, 5.41) is 10.9. The average Bonchev–Trinajstić information content (AvgIpc) is 2.41. The molecule has 1 aliphatic rings. The normalized spacial score (nSPS) is 18.2. The summed E-state index contributed by atoms with van der Waals surface area (Å²) < 4.78 is 5.90. The van der Waals surface area contributed by atoms with Gasteiger partial charge in [0.2, 0.25) is 0 Å². The Morgan fingerprint density at radius 3 is 2.48 bits per heavy atom. The number of ether oxygens (including phenoxy) is 1. The molecule has 0 heterocycles. The highest BCUT2D eigenvalue weighted by Gasteiger charge is 2.28. The fourth-order valence-corrected chi connectivity index (χ4v) is 2.71. The highest BCUT2D eigenvalue weighted by atomic mass is 16.6. The Balaban J connectivity index is 2.13. The first-order valence-corrected chi connectivity index (χ1v) is 7.24. The lowest BCUT2D eigenvalue weighted by atomic mass is 9.76. The van der Waals surface area contributed by atoms with Crippen molar-refractivity contribution in [1.82, 2.24) is 0 Å². The van der Waals surface area contributed by atoms with Crippen LogP contribution in [0.4, 0.5) is 5.69 Å². The van der Waals surface area contributed by atoms with Gasteiger partial charge >= 0.3 is 0 Å². The van der Waals surface area contributed by atoms with E-state index in [-0.39, 0.29) is 23.1 Å². The first kappa shape index (κ1) is 15.5. The van der Waals surface area contributed by atoms with Crippen LogP contribution in [-0.4, -0.2) is 16.8 Å². The maximum Gasteiger partial charge on any atom is 0.280 e. The van der Waals surface area contributed by atoms with Crippen LogP contribution in [0, 0.1) is 15.5 Å². The number of rotatable bonds is 4. The van der Waals surface area contributed by atoms with Gasteiger partial charge in [-0.15, -0.1) is 0 Å². The summed E-state index contributed by atoms with van der Waals surface area (Å²) in [7, 11) is 0. The van der Waals surface area contributed by atoms with Crippen molar-refractivity contribution in [3.63, 3.8) is 0 Å². The number of ketones is 1. The van der Waals surface area contributed by atoms with E-state index in [1.807, 2.05) is 0 Å². The molecule has 0 unspecified atom stereocenters. The lowest BCUT2D eigenvalue weighted by Gasteiger charge is -2.34. The lowest BCUT2D eigenvalue weighted by molar-refractivity contribution is -0.385. The number of nitrogens with zero attached hydrogens (tertiary/aromatic N) is 1. The van der Waals surface area contributed by atoms with E-state index in [1.165, 1.54) is 19.1 Å². The van der Waals surface area contributed by atoms with E-state index >= 15 is 0 Å². The van der Waals surface area contributed by atoms with Crippen LogP contribution in [0.3, 0.4) is 0 Å². The molecule has 1 aromatic carbocycles. The Morgan fingerprint density at radius 1 is 1.33 bits per heavy atom. The van der Waals surface area contributed by atoms with Crippen LogP contribution in [0.25, 0.3) is 0 Å². The smallest absolute Gasteiger partial charge is 0.280 e. The van der Waals surface area contributed by atoms with Gasteiger partial charge in [-0.05, 0) is 50.2 Å². The van der Waals surface area contributed by atoms with Gasteiger partial charge in [0.05, 0.1) is 16.6 Å². The van der Waals surface area contributed by atoms with Gasteiger partial charge < -0.3 is 4.74 Å². The maximum absolute atomic E-state index is 11.5. The Labute approximate surface area is 124 Å². The van der Waals surface area contributed by atoms with Gasteiger partial charge in [0, 0.05) is 6.07 Å². The van der Waals surface area contributed by atoms with E-state index < -0.39 is 4.92 Å². The Bertz CT molecular complexity index is 555. The molecular weight excluding hydrogens is 270 g/mol. The van der Waals surface area contributed by atoms with Crippen LogP contribution >= 0.6 is 0 Å². The molecule has 0 bridgehead atoms. The van der Waals surface area contributed by atoms with Crippen LogP contribution < -0.4 is 4.74 Å². The minimum Gasteiger partial charge on any atom is -0.490 e. The maximum atomic E-state index is 11.5. The number of carbonyl (C=O) groups is 1. The van der Waals surface area contributed by atoms with E-state index in [2.05, 4.69) is 13.8 Å². The second kappa shape index (κ2) is 5.84. The highest BCUT2D eigenvalue weighted by Crippen LogP contribution is 2.37. The Hall–Kier alpha value is -1.91. The SMILES string of the molecule is CC(=O)c1cc(OC2CCC(C)(C)CC2)ccc1[N+](=O)[O-]. The summed E-state index contributed by atoms with van der Waals surface area (Å²) in [6, 6.07) is 4.41. The van der Waals surface area contributed by atoms with Crippen molar-refractivity contribution in [3.05, 3.63) is 33.9 Å². The zero-order valence-electron chi connectivity index (χ0n) is 12.7. The van der Waals surface area contributed by atoms with E-state index in [0.29, 0.717) is 11.2 Å². The minimum absolute atomic E-state index is 0.105. The van der Waals surface area contributed by atoms with Crippen molar-refractivity contribution < 1.29 is 14.5 Å². The van der Waals surface area contributed by atoms with Crippen molar-refractivity contribution in [3.8, 4) is 5.75 Å². The molecule has 1 aromatic rings. The zero-order chi connectivity index (χ0) is 15.6. The van der Waals surface area contributed by atoms with Crippen molar-refractivity contribution in [1.29, 1.82) is 0 Å². The van der Waals surface area contributed by atoms with Crippen molar-refractivity contribution >= 4 is 11.5 Å². The molecule has 1 fully saturated rings. The third-order valence-electron chi connectivity index (χ3n) is 4.13. The van der Waals surface area contributed by atoms with Gasteiger partial charge in [-0.3, -0.25) is 14.9 Å². The molecule has 0 N–H and O–H groups in total. The van der Waals surface area contributed by atoms with E-state index in [0.717, 1.165) is 25.7 Å². The molecular formula is C16H21NO4. The molecule has 0 radical (unpaired) electrons. The molecule has 2 rings (SSSR count). The fourth-order valence-electron chi connectivity index (χ4n) is 2.71. The molecule has 1 aliphatic carbocycles. The topological polar surface area (TPSA) is 69.4 Å². The standard InChI is InChI=1S/C16H21NO4/c1-11(18)14-10-13(4-5-15(14)17(19)20)21-12-6-8-16(2,3)9-7-12/h4-5,10,12H,6-9H2,1-3H3. The predicted octanol–water partition coefficient (Wildman–Crippen LogP) is 4.15. The van der Waals surface area contributed by atoms with Gasteiger partial charge in [0.1, 0.15) is 5.75 Å². The second-order valence-electron chi connectivity index (χ2n) is 6.47. The fraction of sp³-hybridized carbons (Fsp3) is 0.562. The van der Waals surface area contributed by atoms with Crippen molar-refractivity contribution in [2.75, 3.05) is 0 Å². The summed E-state index contributed by atoms with van der Waals surface area (Å²) >= 11 is 0. The van der Waals surface area contributed by atoms with Crippen molar-refractivity contribution in [2.45, 2.75) is 52.6 Å². The molecule has 5 heteroatoms. The summed E-state index contributed by atoms with van der Waals surface area (Å²) in [6.07, 6.45) is 4.27. The molecule has 0 aromatic heterocycles. The van der Waals surface area contributed by atoms with Crippen LogP contribution in [0.15, 0.2) is 18.2 Å². The zero-order valence-corrected chi connectivity index (χ0v) is 12.7. The van der Waals surface area contributed by atoms with Crippen LogP contribution in [-0.2, 0) is 0 Å². The van der Waals surface area contributed by atoms with Gasteiger partial charge in [-0.25, -0.2) is 0 Å². The van der Waals surface area contributed by atoms with E-state index in [1.54, 1.807) is 6.07 Å². The number of Topliss-reactive ketones (excluding diaryl/α,β-unsaturated/α-hetero) is 1. The molecule has 5 nitrogen and oxygen atoms in total. The third-order valence-corrected chi connectivity index (χ3v) is 4.13. The molecule has 0 saturated heterocycles. The summed E-state index contributed by atoms with van der Waals surface area (Å²) in [5.41, 5.74) is 0.299. The first-order valence-electron chi connectivity index (χ1n) is 7.24. The highest BCUT2D eigenvalue weighted by molar-refractivity contribution is 5.98. The second-order valence-corrected chi connectivity index (χ2v) is 6.47. The quantitative estimate of drug-likeness (QED) is 0.475. The van der Waals surface area contributed by atoms with Crippen LogP contribution in [0.1, 0.15) is 56.8 Å². The molecule has 21 heavy (non-hydrogen) atoms. The molecule has 0 atom stereocenters. The number of nitro benzene ring substituents is 1. The number of hydrogen-bond acceptors (Lipinski definition) is 4. The van der Waals surface area contributed by atoms with Gasteiger partial charge in [0.15, 0.2) is 5.78 Å². The number of hydrogen-bond donors (Lipinski definition) is 0. The largest absolute Gasteiger partial charge is 0.490 e. The number of nitro groups is 1. The van der Waals surface area contributed by atoms with Gasteiger partial charge in [0.25, 0.3) is 5.69 Å². The predicted molar refractivity (Wildman–Crippen MR) is 79.8 cm³/mol.